The first-order valence-corrected chi connectivity index (χ1v) is 4.78. The van der Waals surface area contributed by atoms with Gasteiger partial charge in [-0.3, -0.25) is 4.90 Å². The highest BCUT2D eigenvalue weighted by molar-refractivity contribution is 5.46. The Morgan fingerprint density at radius 2 is 2.00 bits per heavy atom. The Morgan fingerprint density at radius 3 is 2.44 bits per heavy atom. The Balaban J connectivity index is 3.19. The van der Waals surface area contributed by atoms with Crippen LogP contribution in [0.4, 0.5) is 0 Å². The molecular formula is C12H13N3O. The van der Waals surface area contributed by atoms with Crippen LogP contribution in [0, 0.1) is 22.7 Å². The highest BCUT2D eigenvalue weighted by atomic mass is 16.5. The van der Waals surface area contributed by atoms with Crippen molar-refractivity contribution in [2.75, 3.05) is 21.2 Å². The first-order chi connectivity index (χ1) is 7.63. The number of benzene rings is 1. The number of rotatable bonds is 3. The number of hydrogen-bond acceptors (Lipinski definition) is 4. The van der Waals surface area contributed by atoms with E-state index in [4.69, 9.17) is 15.3 Å². The van der Waals surface area contributed by atoms with Crippen LogP contribution < -0.4 is 4.74 Å². The quantitative estimate of drug-likeness (QED) is 0.769. The number of nitrogens with zero attached hydrogens (tertiary/aromatic N) is 3. The van der Waals surface area contributed by atoms with Crippen molar-refractivity contribution in [1.82, 2.24) is 4.90 Å². The van der Waals surface area contributed by atoms with Crippen LogP contribution in [0.1, 0.15) is 17.2 Å². The fourth-order valence-electron chi connectivity index (χ4n) is 1.47. The SMILES string of the molecule is COc1ccc(C(C#N)N(C)C)cc1C#N. The largest absolute Gasteiger partial charge is 0.495 e. The van der Waals surface area contributed by atoms with E-state index in [-0.39, 0.29) is 6.04 Å². The van der Waals surface area contributed by atoms with Crippen molar-refractivity contribution in [3.05, 3.63) is 29.3 Å². The highest BCUT2D eigenvalue weighted by Crippen LogP contribution is 2.24. The molecule has 0 aliphatic heterocycles. The zero-order valence-corrected chi connectivity index (χ0v) is 9.56. The molecule has 0 radical (unpaired) electrons. The van der Waals surface area contributed by atoms with Gasteiger partial charge in [-0.1, -0.05) is 6.07 Å². The zero-order valence-electron chi connectivity index (χ0n) is 9.56. The fraction of sp³-hybridized carbons (Fsp3) is 0.333. The van der Waals surface area contributed by atoms with Crippen LogP contribution in [0.15, 0.2) is 18.2 Å². The Labute approximate surface area is 95.3 Å². The van der Waals surface area contributed by atoms with Crippen molar-refractivity contribution in [2.45, 2.75) is 6.04 Å². The number of methoxy groups -OCH3 is 1. The molecule has 1 rings (SSSR count). The lowest BCUT2D eigenvalue weighted by Gasteiger charge is -2.18. The molecule has 0 bridgehead atoms. The van der Waals surface area contributed by atoms with Crippen molar-refractivity contribution in [1.29, 1.82) is 10.5 Å². The minimum absolute atomic E-state index is 0.349. The lowest BCUT2D eigenvalue weighted by molar-refractivity contribution is 0.357. The van der Waals surface area contributed by atoms with Crippen LogP contribution in [-0.2, 0) is 0 Å². The van der Waals surface area contributed by atoms with Crippen molar-refractivity contribution < 1.29 is 4.74 Å². The second-order valence-corrected chi connectivity index (χ2v) is 3.57. The minimum Gasteiger partial charge on any atom is -0.495 e. The Morgan fingerprint density at radius 1 is 1.31 bits per heavy atom. The van der Waals surface area contributed by atoms with Gasteiger partial charge in [0.15, 0.2) is 0 Å². The molecule has 0 spiro atoms. The van der Waals surface area contributed by atoms with Gasteiger partial charge >= 0.3 is 0 Å². The molecule has 0 aliphatic carbocycles. The van der Waals surface area contributed by atoms with E-state index >= 15 is 0 Å². The van der Waals surface area contributed by atoms with Gasteiger partial charge < -0.3 is 4.74 Å². The Kier molecular flexibility index (Phi) is 3.88. The molecule has 4 heteroatoms. The third kappa shape index (κ3) is 2.31. The number of hydrogen-bond donors (Lipinski definition) is 0. The van der Waals surface area contributed by atoms with E-state index in [1.165, 1.54) is 7.11 Å². The number of ether oxygens (including phenoxy) is 1. The molecule has 0 heterocycles. The monoisotopic (exact) mass is 215 g/mol. The molecule has 1 atom stereocenters. The van der Waals surface area contributed by atoms with E-state index in [9.17, 15) is 0 Å². The van der Waals surface area contributed by atoms with Crippen LogP contribution in [0.25, 0.3) is 0 Å². The highest BCUT2D eigenvalue weighted by Gasteiger charge is 2.14. The second-order valence-electron chi connectivity index (χ2n) is 3.57. The van der Waals surface area contributed by atoms with E-state index in [1.807, 2.05) is 14.1 Å². The summed E-state index contributed by atoms with van der Waals surface area (Å²) in [6, 6.07) is 9.08. The molecule has 0 amide bonds. The molecule has 0 N–H and O–H groups in total. The average Bonchev–Trinajstić information content (AvgIpc) is 2.29. The molecule has 16 heavy (non-hydrogen) atoms. The first-order valence-electron chi connectivity index (χ1n) is 4.78. The third-order valence-electron chi connectivity index (χ3n) is 2.30. The first kappa shape index (κ1) is 12.0. The normalized spacial score (nSPS) is 11.6. The van der Waals surface area contributed by atoms with E-state index in [0.717, 1.165) is 5.56 Å². The van der Waals surface area contributed by atoms with Gasteiger partial charge in [0.25, 0.3) is 0 Å². The van der Waals surface area contributed by atoms with Crippen molar-refractivity contribution >= 4 is 0 Å². The third-order valence-corrected chi connectivity index (χ3v) is 2.30. The fourth-order valence-corrected chi connectivity index (χ4v) is 1.47. The lowest BCUT2D eigenvalue weighted by Crippen LogP contribution is -2.18. The maximum atomic E-state index is 9.03. The van der Waals surface area contributed by atoms with Crippen LogP contribution in [0.3, 0.4) is 0 Å². The minimum atomic E-state index is -0.349. The molecule has 0 aromatic heterocycles. The maximum absolute atomic E-state index is 9.03. The maximum Gasteiger partial charge on any atom is 0.136 e. The van der Waals surface area contributed by atoms with Gasteiger partial charge in [-0.25, -0.2) is 0 Å². The predicted octanol–water partition coefficient (Wildman–Crippen LogP) is 1.69. The molecule has 0 fully saturated rings. The summed E-state index contributed by atoms with van der Waals surface area (Å²) >= 11 is 0. The van der Waals surface area contributed by atoms with E-state index in [1.54, 1.807) is 23.1 Å². The van der Waals surface area contributed by atoms with Crippen molar-refractivity contribution in [3.63, 3.8) is 0 Å². The van der Waals surface area contributed by atoms with Crippen LogP contribution in [0.2, 0.25) is 0 Å². The molecule has 1 aromatic rings. The van der Waals surface area contributed by atoms with Gasteiger partial charge in [0.1, 0.15) is 17.9 Å². The molecule has 4 nitrogen and oxygen atoms in total. The van der Waals surface area contributed by atoms with Crippen LogP contribution >= 0.6 is 0 Å². The molecule has 0 saturated heterocycles. The van der Waals surface area contributed by atoms with Gasteiger partial charge in [0.05, 0.1) is 18.7 Å². The van der Waals surface area contributed by atoms with Crippen LogP contribution in [0.5, 0.6) is 5.75 Å². The average molecular weight is 215 g/mol. The summed E-state index contributed by atoms with van der Waals surface area (Å²) in [6.45, 7) is 0. The standard InChI is InChI=1S/C12H13N3O/c1-15(2)11(8-14)9-4-5-12(16-3)10(6-9)7-13/h4-6,11H,1-3H3. The summed E-state index contributed by atoms with van der Waals surface area (Å²) < 4.78 is 5.05. The molecule has 82 valence electrons. The summed E-state index contributed by atoms with van der Waals surface area (Å²) in [4.78, 5) is 1.79. The van der Waals surface area contributed by atoms with Crippen molar-refractivity contribution in [2.24, 2.45) is 0 Å². The lowest BCUT2D eigenvalue weighted by atomic mass is 10.0. The van der Waals surface area contributed by atoms with Gasteiger partial charge in [0.2, 0.25) is 0 Å². The smallest absolute Gasteiger partial charge is 0.136 e. The summed E-state index contributed by atoms with van der Waals surface area (Å²) in [5.41, 5.74) is 1.24. The summed E-state index contributed by atoms with van der Waals surface area (Å²) in [7, 11) is 5.16. The Hall–Kier alpha value is -2.04. The van der Waals surface area contributed by atoms with E-state index in [0.29, 0.717) is 11.3 Å². The molecular weight excluding hydrogens is 202 g/mol. The van der Waals surface area contributed by atoms with Gasteiger partial charge in [-0.15, -0.1) is 0 Å². The van der Waals surface area contributed by atoms with Gasteiger partial charge in [-0.05, 0) is 31.8 Å². The Bertz CT molecular complexity index is 454. The second kappa shape index (κ2) is 5.16. The number of nitriles is 2. The van der Waals surface area contributed by atoms with E-state index < -0.39 is 0 Å². The molecule has 1 unspecified atom stereocenters. The molecule has 1 aromatic carbocycles. The van der Waals surface area contributed by atoms with Crippen LogP contribution in [-0.4, -0.2) is 26.1 Å². The summed E-state index contributed by atoms with van der Waals surface area (Å²) in [6.07, 6.45) is 0. The van der Waals surface area contributed by atoms with E-state index in [2.05, 4.69) is 12.1 Å². The van der Waals surface area contributed by atoms with Gasteiger partial charge in [-0.2, -0.15) is 10.5 Å². The zero-order chi connectivity index (χ0) is 12.1. The molecule has 0 saturated carbocycles. The predicted molar refractivity (Wildman–Crippen MR) is 59.8 cm³/mol. The summed E-state index contributed by atoms with van der Waals surface area (Å²) in [5, 5.41) is 18.0. The summed E-state index contributed by atoms with van der Waals surface area (Å²) in [5.74, 6) is 0.529. The van der Waals surface area contributed by atoms with Crippen molar-refractivity contribution in [3.8, 4) is 17.9 Å². The molecule has 0 aliphatic rings. The van der Waals surface area contributed by atoms with Gasteiger partial charge in [0, 0.05) is 0 Å². The topological polar surface area (TPSA) is 60.0 Å².